The van der Waals surface area contributed by atoms with Crippen molar-refractivity contribution in [2.45, 2.75) is 19.5 Å². The van der Waals surface area contributed by atoms with Crippen molar-refractivity contribution in [3.05, 3.63) is 71.1 Å². The quantitative estimate of drug-likeness (QED) is 0.260. The first-order valence-corrected chi connectivity index (χ1v) is 10.2. The fraction of sp³-hybridized carbons (Fsp3) is 0.227. The third-order valence-corrected chi connectivity index (χ3v) is 5.05. The van der Waals surface area contributed by atoms with Gasteiger partial charge in [-0.3, -0.25) is 10.2 Å². The number of hydrogen-bond acceptors (Lipinski definition) is 8. The molecule has 170 valence electrons. The van der Waals surface area contributed by atoms with Crippen molar-refractivity contribution < 1.29 is 13.6 Å². The van der Waals surface area contributed by atoms with Crippen LogP contribution in [0.3, 0.4) is 0 Å². The van der Waals surface area contributed by atoms with Crippen LogP contribution in [0.15, 0.2) is 41.3 Å². The fourth-order valence-electron chi connectivity index (χ4n) is 3.38. The molecule has 0 fully saturated rings. The van der Waals surface area contributed by atoms with Crippen molar-refractivity contribution in [2.24, 2.45) is 0 Å². The Kier molecular flexibility index (Phi) is 6.13. The number of halogens is 1. The molecule has 3 heterocycles. The number of anilines is 1. The second-order valence-corrected chi connectivity index (χ2v) is 7.37. The van der Waals surface area contributed by atoms with Crippen LogP contribution >= 0.6 is 0 Å². The van der Waals surface area contributed by atoms with E-state index in [4.69, 9.17) is 9.83 Å². The standard InChI is InChI=1S/C22H23FN8O2/c1-11(22-30-13(7-25-2)10-33-22)29-21(32)15-8-27-20-19(15)31-17(9-28-20)18(24)14-5-4-12(23)6-16(14)26-3/h4-6,8-11,24-26H,7H2,1-3H3,(H,27,28)(H,29,32)/t11-/m1/s1. The molecule has 1 amide bonds. The lowest BCUT2D eigenvalue weighted by atomic mass is 10.1. The number of carbonyl (C=O) groups is 1. The molecule has 0 aliphatic carbocycles. The SMILES string of the molecule is CNCc1coc([C@@H](C)NC(=O)c2c[nH]c3ncc(C(=N)c4ccc(F)cc4NC)nc23)n1. The lowest BCUT2D eigenvalue weighted by Gasteiger charge is -2.11. The average Bonchev–Trinajstić information content (AvgIpc) is 3.45. The Morgan fingerprint density at radius 2 is 2.09 bits per heavy atom. The van der Waals surface area contributed by atoms with Gasteiger partial charge in [-0.05, 0) is 32.2 Å². The van der Waals surface area contributed by atoms with Gasteiger partial charge in [0.15, 0.2) is 5.65 Å². The molecule has 33 heavy (non-hydrogen) atoms. The van der Waals surface area contributed by atoms with E-state index < -0.39 is 17.8 Å². The van der Waals surface area contributed by atoms with Gasteiger partial charge in [0.2, 0.25) is 5.89 Å². The summed E-state index contributed by atoms with van der Waals surface area (Å²) in [5.74, 6) is -0.420. The highest BCUT2D eigenvalue weighted by Gasteiger charge is 2.21. The van der Waals surface area contributed by atoms with Gasteiger partial charge in [0.25, 0.3) is 5.91 Å². The van der Waals surface area contributed by atoms with Crippen molar-refractivity contribution in [3.63, 3.8) is 0 Å². The minimum atomic E-state index is -0.472. The minimum absolute atomic E-state index is 0.0477. The summed E-state index contributed by atoms with van der Waals surface area (Å²) in [6.45, 7) is 2.32. The number of H-pyrrole nitrogens is 1. The lowest BCUT2D eigenvalue weighted by Crippen LogP contribution is -2.27. The van der Waals surface area contributed by atoms with E-state index >= 15 is 0 Å². The van der Waals surface area contributed by atoms with Crippen LogP contribution in [0.5, 0.6) is 0 Å². The summed E-state index contributed by atoms with van der Waals surface area (Å²) in [6.07, 6.45) is 4.49. The van der Waals surface area contributed by atoms with Gasteiger partial charge in [-0.25, -0.2) is 19.3 Å². The Morgan fingerprint density at radius 1 is 1.27 bits per heavy atom. The molecule has 5 N–H and O–H groups in total. The molecule has 4 rings (SSSR count). The summed E-state index contributed by atoms with van der Waals surface area (Å²) in [4.78, 5) is 29.0. The second-order valence-electron chi connectivity index (χ2n) is 7.37. The number of aromatic amines is 1. The molecule has 11 heteroatoms. The van der Waals surface area contributed by atoms with Gasteiger partial charge in [0.1, 0.15) is 29.3 Å². The Balaban J connectivity index is 1.60. The molecule has 0 unspecified atom stereocenters. The van der Waals surface area contributed by atoms with Crippen molar-refractivity contribution in [3.8, 4) is 0 Å². The minimum Gasteiger partial charge on any atom is -0.446 e. The lowest BCUT2D eigenvalue weighted by molar-refractivity contribution is 0.0935. The number of fused-ring (bicyclic) bond motifs is 1. The highest BCUT2D eigenvalue weighted by Crippen LogP contribution is 2.22. The van der Waals surface area contributed by atoms with Gasteiger partial charge >= 0.3 is 0 Å². The molecular formula is C22H23FN8O2. The predicted octanol–water partition coefficient (Wildman–Crippen LogP) is 2.75. The number of aromatic nitrogens is 4. The number of nitrogens with zero attached hydrogens (tertiary/aromatic N) is 3. The van der Waals surface area contributed by atoms with E-state index in [-0.39, 0.29) is 17.0 Å². The first kappa shape index (κ1) is 22.1. The number of hydrogen-bond donors (Lipinski definition) is 5. The van der Waals surface area contributed by atoms with Crippen LogP contribution in [0, 0.1) is 11.2 Å². The van der Waals surface area contributed by atoms with Crippen molar-refractivity contribution >= 4 is 28.5 Å². The van der Waals surface area contributed by atoms with E-state index in [2.05, 4.69) is 35.9 Å². The number of benzene rings is 1. The van der Waals surface area contributed by atoms with Crippen LogP contribution in [0.2, 0.25) is 0 Å². The van der Waals surface area contributed by atoms with Crippen LogP contribution in [0.1, 0.15) is 46.2 Å². The fourth-order valence-corrected chi connectivity index (χ4v) is 3.38. The Bertz CT molecular complexity index is 1330. The number of rotatable bonds is 8. The molecule has 0 aliphatic rings. The normalized spacial score (nSPS) is 12.0. The third-order valence-electron chi connectivity index (χ3n) is 5.05. The zero-order valence-electron chi connectivity index (χ0n) is 18.3. The molecule has 0 radical (unpaired) electrons. The molecule has 4 aromatic rings. The summed E-state index contributed by atoms with van der Waals surface area (Å²) in [5, 5.41) is 17.3. The van der Waals surface area contributed by atoms with E-state index in [0.29, 0.717) is 34.9 Å². The molecule has 1 atom stereocenters. The summed E-state index contributed by atoms with van der Waals surface area (Å²) in [6, 6.07) is 3.61. The summed E-state index contributed by atoms with van der Waals surface area (Å²) in [5.41, 5.74) is 2.94. The average molecular weight is 450 g/mol. The monoisotopic (exact) mass is 450 g/mol. The summed E-state index contributed by atoms with van der Waals surface area (Å²) in [7, 11) is 3.45. The Hall–Kier alpha value is -4.12. The van der Waals surface area contributed by atoms with Gasteiger partial charge < -0.3 is 25.4 Å². The molecule has 10 nitrogen and oxygen atoms in total. The number of carbonyl (C=O) groups excluding carboxylic acids is 1. The van der Waals surface area contributed by atoms with Gasteiger partial charge in [0.05, 0.1) is 23.2 Å². The van der Waals surface area contributed by atoms with Crippen LogP contribution < -0.4 is 16.0 Å². The maximum absolute atomic E-state index is 13.6. The maximum Gasteiger partial charge on any atom is 0.255 e. The van der Waals surface area contributed by atoms with Gasteiger partial charge in [-0.1, -0.05) is 0 Å². The third kappa shape index (κ3) is 4.44. The molecule has 3 aromatic heterocycles. The highest BCUT2D eigenvalue weighted by atomic mass is 19.1. The van der Waals surface area contributed by atoms with E-state index in [1.54, 1.807) is 27.3 Å². The number of oxazole rings is 1. The Morgan fingerprint density at radius 3 is 2.85 bits per heavy atom. The van der Waals surface area contributed by atoms with Crippen molar-refractivity contribution in [1.29, 1.82) is 5.41 Å². The van der Waals surface area contributed by atoms with Crippen LogP contribution in [0.4, 0.5) is 10.1 Å². The molecule has 0 aliphatic heterocycles. The topological polar surface area (TPSA) is 145 Å². The molecule has 0 spiro atoms. The molecule has 0 saturated heterocycles. The summed E-state index contributed by atoms with van der Waals surface area (Å²) >= 11 is 0. The zero-order chi connectivity index (χ0) is 23.5. The number of nitrogens with one attached hydrogen (secondary N) is 5. The van der Waals surface area contributed by atoms with E-state index in [1.165, 1.54) is 30.6 Å². The van der Waals surface area contributed by atoms with Crippen molar-refractivity contribution in [1.82, 2.24) is 30.6 Å². The van der Waals surface area contributed by atoms with Crippen LogP contribution in [0.25, 0.3) is 11.2 Å². The number of amides is 1. The van der Waals surface area contributed by atoms with Gasteiger partial charge in [-0.15, -0.1) is 0 Å². The molecule has 0 bridgehead atoms. The second kappa shape index (κ2) is 9.17. The van der Waals surface area contributed by atoms with Gasteiger partial charge in [-0.2, -0.15) is 0 Å². The van der Waals surface area contributed by atoms with E-state index in [0.717, 1.165) is 5.69 Å². The largest absolute Gasteiger partial charge is 0.446 e. The highest BCUT2D eigenvalue weighted by molar-refractivity contribution is 6.14. The molecule has 0 saturated carbocycles. The smallest absolute Gasteiger partial charge is 0.255 e. The van der Waals surface area contributed by atoms with E-state index in [1.807, 2.05) is 0 Å². The van der Waals surface area contributed by atoms with Gasteiger partial charge in [0, 0.05) is 31.0 Å². The zero-order valence-corrected chi connectivity index (χ0v) is 18.3. The summed E-state index contributed by atoms with van der Waals surface area (Å²) < 4.78 is 19.0. The first-order chi connectivity index (χ1) is 15.9. The predicted molar refractivity (Wildman–Crippen MR) is 121 cm³/mol. The Labute approximate surface area is 188 Å². The van der Waals surface area contributed by atoms with Crippen LogP contribution in [-0.4, -0.2) is 45.7 Å². The van der Waals surface area contributed by atoms with Crippen molar-refractivity contribution in [2.75, 3.05) is 19.4 Å². The van der Waals surface area contributed by atoms with Crippen LogP contribution in [-0.2, 0) is 6.54 Å². The van der Waals surface area contributed by atoms with E-state index in [9.17, 15) is 9.18 Å². The molecule has 1 aromatic carbocycles. The molecular weight excluding hydrogens is 427 g/mol. The first-order valence-electron chi connectivity index (χ1n) is 10.2. The maximum atomic E-state index is 13.6.